The summed E-state index contributed by atoms with van der Waals surface area (Å²) in [6, 6.07) is 7.05. The van der Waals surface area contributed by atoms with Gasteiger partial charge in [-0.2, -0.15) is 4.98 Å². The number of aromatic nitrogens is 2. The number of carbonyl (C=O) groups excluding carboxylic acids is 1. The minimum Gasteiger partial charge on any atom is -0.349 e. The van der Waals surface area contributed by atoms with Crippen LogP contribution >= 0.6 is 0 Å². The van der Waals surface area contributed by atoms with E-state index in [1.165, 1.54) is 6.26 Å². The number of sulfone groups is 1. The smallest absolute Gasteiger partial charge is 0.251 e. The lowest BCUT2D eigenvalue weighted by atomic mass is 9.94. The molecule has 1 saturated carbocycles. The maximum atomic E-state index is 12.5. The van der Waals surface area contributed by atoms with Crippen molar-refractivity contribution in [3.05, 3.63) is 35.7 Å². The van der Waals surface area contributed by atoms with Gasteiger partial charge in [-0.25, -0.2) is 8.42 Å². The van der Waals surface area contributed by atoms with Crippen molar-refractivity contribution in [1.82, 2.24) is 15.5 Å². The molecule has 1 aromatic carbocycles. The predicted molar refractivity (Wildman–Crippen MR) is 92.8 cm³/mol. The first-order valence-electron chi connectivity index (χ1n) is 8.23. The summed E-state index contributed by atoms with van der Waals surface area (Å²) in [7, 11) is -3.00. The Kier molecular flexibility index (Phi) is 4.89. The molecule has 1 fully saturated rings. The van der Waals surface area contributed by atoms with Crippen LogP contribution in [0.15, 0.2) is 28.8 Å². The predicted octanol–water partition coefficient (Wildman–Crippen LogP) is 2.13. The Labute approximate surface area is 146 Å². The second-order valence-electron chi connectivity index (χ2n) is 6.49. The summed E-state index contributed by atoms with van der Waals surface area (Å²) in [5.41, 5.74) is 1.23. The van der Waals surface area contributed by atoms with Crippen LogP contribution in [-0.4, -0.2) is 42.0 Å². The number of hydrogen-bond donors (Lipinski definition) is 1. The molecule has 0 atom stereocenters. The number of rotatable bonds is 4. The third-order valence-corrected chi connectivity index (χ3v) is 6.21. The molecule has 1 heterocycles. The number of carbonyl (C=O) groups is 1. The molecule has 0 aliphatic heterocycles. The second kappa shape index (κ2) is 6.95. The summed E-state index contributed by atoms with van der Waals surface area (Å²) >= 11 is 0. The van der Waals surface area contributed by atoms with Crippen LogP contribution in [0, 0.1) is 6.92 Å². The minimum absolute atomic E-state index is 0.00146. The Balaban J connectivity index is 1.64. The highest BCUT2D eigenvalue weighted by Gasteiger charge is 2.28. The highest BCUT2D eigenvalue weighted by molar-refractivity contribution is 7.91. The molecular formula is C17H21N3O4S. The van der Waals surface area contributed by atoms with Crippen molar-refractivity contribution in [1.29, 1.82) is 0 Å². The van der Waals surface area contributed by atoms with E-state index in [-0.39, 0.29) is 17.2 Å². The van der Waals surface area contributed by atoms with Crippen molar-refractivity contribution in [2.24, 2.45) is 0 Å². The maximum Gasteiger partial charge on any atom is 0.251 e. The van der Waals surface area contributed by atoms with E-state index in [4.69, 9.17) is 4.52 Å². The molecule has 0 bridgehead atoms. The van der Waals surface area contributed by atoms with Gasteiger partial charge in [0.15, 0.2) is 0 Å². The number of hydrogen-bond acceptors (Lipinski definition) is 6. The number of nitrogens with one attached hydrogen (secondary N) is 1. The quantitative estimate of drug-likeness (QED) is 0.893. The molecule has 1 N–H and O–H groups in total. The van der Waals surface area contributed by atoms with Gasteiger partial charge in [0.2, 0.25) is 11.7 Å². The van der Waals surface area contributed by atoms with Gasteiger partial charge in [0.1, 0.15) is 9.84 Å². The minimum atomic E-state index is -3.00. The van der Waals surface area contributed by atoms with Gasteiger partial charge in [0, 0.05) is 30.3 Å². The number of aryl methyl sites for hydroxylation is 1. The van der Waals surface area contributed by atoms with Crippen molar-refractivity contribution >= 4 is 15.7 Å². The summed E-state index contributed by atoms with van der Waals surface area (Å²) < 4.78 is 28.2. The van der Waals surface area contributed by atoms with Crippen molar-refractivity contribution in [2.45, 2.75) is 43.9 Å². The van der Waals surface area contributed by atoms with E-state index in [0.717, 1.165) is 0 Å². The Hall–Kier alpha value is -2.22. The average molecular weight is 363 g/mol. The fraction of sp³-hybridized carbons (Fsp3) is 0.471. The number of benzene rings is 1. The third-order valence-electron chi connectivity index (χ3n) is 4.53. The van der Waals surface area contributed by atoms with Crippen molar-refractivity contribution in [3.63, 3.8) is 0 Å². The normalized spacial score (nSPS) is 21.0. The fourth-order valence-corrected chi connectivity index (χ4v) is 4.25. The lowest BCUT2D eigenvalue weighted by Crippen LogP contribution is -2.40. The highest BCUT2D eigenvalue weighted by atomic mass is 32.2. The van der Waals surface area contributed by atoms with Crippen LogP contribution in [0.2, 0.25) is 0 Å². The van der Waals surface area contributed by atoms with Crippen LogP contribution in [0.25, 0.3) is 11.4 Å². The molecular weight excluding hydrogens is 342 g/mol. The first kappa shape index (κ1) is 17.6. The molecule has 0 spiro atoms. The summed E-state index contributed by atoms with van der Waals surface area (Å²) in [6.45, 7) is 1.71. The summed E-state index contributed by atoms with van der Waals surface area (Å²) in [5.74, 6) is 0.734. The van der Waals surface area contributed by atoms with Gasteiger partial charge in [-0.1, -0.05) is 17.3 Å². The van der Waals surface area contributed by atoms with E-state index in [9.17, 15) is 13.2 Å². The van der Waals surface area contributed by atoms with Crippen LogP contribution in [0.5, 0.6) is 0 Å². The Bertz CT molecular complexity index is 868. The highest BCUT2D eigenvalue weighted by Crippen LogP contribution is 2.24. The maximum absolute atomic E-state index is 12.5. The summed E-state index contributed by atoms with van der Waals surface area (Å²) in [5, 5.41) is 6.57. The van der Waals surface area contributed by atoms with E-state index in [1.54, 1.807) is 25.1 Å². The zero-order chi connectivity index (χ0) is 18.0. The monoisotopic (exact) mass is 363 g/mol. The number of amides is 1. The van der Waals surface area contributed by atoms with Gasteiger partial charge in [0.25, 0.3) is 5.91 Å². The molecule has 25 heavy (non-hydrogen) atoms. The molecule has 8 heteroatoms. The molecule has 3 rings (SSSR count). The molecule has 134 valence electrons. The Morgan fingerprint density at radius 1 is 1.24 bits per heavy atom. The Morgan fingerprint density at radius 2 is 1.96 bits per heavy atom. The van der Waals surface area contributed by atoms with Gasteiger partial charge >= 0.3 is 0 Å². The molecule has 1 aliphatic carbocycles. The van der Waals surface area contributed by atoms with Crippen LogP contribution in [0.1, 0.15) is 41.9 Å². The lowest BCUT2D eigenvalue weighted by Gasteiger charge is -2.28. The van der Waals surface area contributed by atoms with Crippen molar-refractivity contribution < 1.29 is 17.7 Å². The molecule has 0 saturated heterocycles. The molecule has 1 aromatic heterocycles. The van der Waals surface area contributed by atoms with Gasteiger partial charge in [-0.15, -0.1) is 0 Å². The first-order valence-corrected chi connectivity index (χ1v) is 10.2. The zero-order valence-electron chi connectivity index (χ0n) is 14.2. The summed E-state index contributed by atoms with van der Waals surface area (Å²) in [6.07, 6.45) is 3.81. The van der Waals surface area contributed by atoms with E-state index >= 15 is 0 Å². The SMILES string of the molecule is Cc1nc(-c2cccc(C(=O)NC3CCC(S(C)(=O)=O)CC3)c2)no1. The van der Waals surface area contributed by atoms with Gasteiger partial charge < -0.3 is 9.84 Å². The van der Waals surface area contributed by atoms with E-state index in [1.807, 2.05) is 6.07 Å². The fourth-order valence-electron chi connectivity index (χ4n) is 3.12. The van der Waals surface area contributed by atoms with E-state index in [0.29, 0.717) is 48.5 Å². The lowest BCUT2D eigenvalue weighted by molar-refractivity contribution is 0.0928. The van der Waals surface area contributed by atoms with Crippen LogP contribution < -0.4 is 5.32 Å². The van der Waals surface area contributed by atoms with Crippen molar-refractivity contribution in [3.8, 4) is 11.4 Å². The standard InChI is InChI=1S/C17H21N3O4S/c1-11-18-16(20-24-11)12-4-3-5-13(10-12)17(21)19-14-6-8-15(9-7-14)25(2,22)23/h3-5,10,14-15H,6-9H2,1-2H3,(H,19,21). The van der Waals surface area contributed by atoms with Crippen molar-refractivity contribution in [2.75, 3.05) is 6.26 Å². The molecule has 0 radical (unpaired) electrons. The molecule has 7 nitrogen and oxygen atoms in total. The molecule has 1 aliphatic rings. The van der Waals surface area contributed by atoms with Crippen LogP contribution in [0.4, 0.5) is 0 Å². The Morgan fingerprint density at radius 3 is 2.56 bits per heavy atom. The van der Waals surface area contributed by atoms with Crippen LogP contribution in [-0.2, 0) is 9.84 Å². The summed E-state index contributed by atoms with van der Waals surface area (Å²) in [4.78, 5) is 16.6. The zero-order valence-corrected chi connectivity index (χ0v) is 15.0. The van der Waals surface area contributed by atoms with Gasteiger partial charge in [-0.3, -0.25) is 4.79 Å². The average Bonchev–Trinajstić information content (AvgIpc) is 3.01. The van der Waals surface area contributed by atoms with E-state index < -0.39 is 9.84 Å². The number of nitrogens with zero attached hydrogens (tertiary/aromatic N) is 2. The van der Waals surface area contributed by atoms with Gasteiger partial charge in [-0.05, 0) is 37.8 Å². The first-order chi connectivity index (χ1) is 11.8. The third kappa shape index (κ3) is 4.25. The van der Waals surface area contributed by atoms with Crippen LogP contribution in [0.3, 0.4) is 0 Å². The topological polar surface area (TPSA) is 102 Å². The van der Waals surface area contributed by atoms with E-state index in [2.05, 4.69) is 15.5 Å². The molecule has 1 amide bonds. The molecule has 2 aromatic rings. The second-order valence-corrected chi connectivity index (χ2v) is 8.82. The molecule has 0 unspecified atom stereocenters. The largest absolute Gasteiger partial charge is 0.349 e. The van der Waals surface area contributed by atoms with Gasteiger partial charge in [0.05, 0.1) is 5.25 Å².